The van der Waals surface area contributed by atoms with Gasteiger partial charge in [0.2, 0.25) is 0 Å². The number of nitrogens with one attached hydrogen (secondary N) is 1. The standard InChI is InChI=1S/C17H10F16N2OS/c1-3-6-5(2)37-8(7(6)4-34)35-10(36)12(22,23)14(26,27)16(30,31)17(32,33)15(28,29)13(24,25)11(20,21)9(18)19/h9H,3H2,1-2H3,(H,35,36). The molecule has 0 saturated heterocycles. The quantitative estimate of drug-likeness (QED) is 0.293. The van der Waals surface area contributed by atoms with Crippen LogP contribution in [0.4, 0.5) is 75.2 Å². The van der Waals surface area contributed by atoms with Crippen LogP contribution in [-0.4, -0.2) is 53.8 Å². The molecule has 0 atom stereocenters. The number of hydrogen-bond acceptors (Lipinski definition) is 3. The maximum Gasteiger partial charge on any atom is 0.393 e. The Hall–Kier alpha value is -2.46. The third kappa shape index (κ3) is 4.35. The summed E-state index contributed by atoms with van der Waals surface area (Å²) in [4.78, 5) is 11.7. The molecule has 1 aromatic rings. The predicted molar refractivity (Wildman–Crippen MR) is 92.4 cm³/mol. The second-order valence-corrected chi connectivity index (χ2v) is 8.36. The average molecular weight is 594 g/mol. The molecule has 0 aromatic carbocycles. The number of nitrogens with zero attached hydrogens (tertiary/aromatic N) is 1. The summed E-state index contributed by atoms with van der Waals surface area (Å²) in [5.74, 6) is -60.2. The van der Waals surface area contributed by atoms with Crippen molar-refractivity contribution in [1.29, 1.82) is 5.26 Å². The van der Waals surface area contributed by atoms with E-state index in [1.165, 1.54) is 19.9 Å². The third-order valence-corrected chi connectivity index (χ3v) is 5.91. The Morgan fingerprint density at radius 1 is 0.838 bits per heavy atom. The van der Waals surface area contributed by atoms with E-state index in [9.17, 15) is 75.0 Å². The molecule has 212 valence electrons. The van der Waals surface area contributed by atoms with Gasteiger partial charge in [0.15, 0.2) is 0 Å². The molecule has 0 radical (unpaired) electrons. The third-order valence-electron chi connectivity index (χ3n) is 4.85. The van der Waals surface area contributed by atoms with Gasteiger partial charge in [0.05, 0.1) is 5.56 Å². The molecule has 1 aromatic heterocycles. The van der Waals surface area contributed by atoms with Gasteiger partial charge < -0.3 is 5.32 Å². The second kappa shape index (κ2) is 9.38. The second-order valence-electron chi connectivity index (χ2n) is 7.13. The number of hydrogen-bond donors (Lipinski definition) is 1. The van der Waals surface area contributed by atoms with Crippen LogP contribution in [0.2, 0.25) is 0 Å². The Labute approximate surface area is 199 Å². The highest BCUT2D eigenvalue weighted by atomic mass is 32.1. The van der Waals surface area contributed by atoms with E-state index in [1.54, 1.807) is 0 Å². The minimum absolute atomic E-state index is 0.0246. The zero-order chi connectivity index (χ0) is 29.8. The van der Waals surface area contributed by atoms with Crippen LogP contribution in [0.5, 0.6) is 0 Å². The summed E-state index contributed by atoms with van der Waals surface area (Å²) < 4.78 is 214. The Morgan fingerprint density at radius 3 is 1.62 bits per heavy atom. The lowest BCUT2D eigenvalue weighted by atomic mass is 9.89. The monoisotopic (exact) mass is 594 g/mol. The molecule has 1 rings (SSSR count). The summed E-state index contributed by atoms with van der Waals surface area (Å²) in [6.07, 6.45) is -5.98. The van der Waals surface area contributed by atoms with Crippen LogP contribution < -0.4 is 5.32 Å². The van der Waals surface area contributed by atoms with E-state index >= 15 is 0 Å². The fourth-order valence-electron chi connectivity index (χ4n) is 2.67. The fourth-order valence-corrected chi connectivity index (χ4v) is 3.76. The van der Waals surface area contributed by atoms with Gasteiger partial charge in [-0.15, -0.1) is 11.3 Å². The van der Waals surface area contributed by atoms with E-state index < -0.39 is 64.4 Å². The van der Waals surface area contributed by atoms with Gasteiger partial charge in [0.25, 0.3) is 0 Å². The number of nitriles is 1. The van der Waals surface area contributed by atoms with Crippen molar-refractivity contribution in [2.75, 3.05) is 5.32 Å². The molecular formula is C17H10F16N2OS. The van der Waals surface area contributed by atoms with Crippen molar-refractivity contribution in [2.45, 2.75) is 68.2 Å². The Kier molecular flexibility index (Phi) is 8.25. The van der Waals surface area contributed by atoms with E-state index in [-0.39, 0.29) is 28.2 Å². The molecule has 1 N–H and O–H groups in total. The lowest BCUT2D eigenvalue weighted by Crippen LogP contribution is -2.74. The van der Waals surface area contributed by atoms with Crippen molar-refractivity contribution in [3.8, 4) is 6.07 Å². The van der Waals surface area contributed by atoms with Crippen molar-refractivity contribution in [3.05, 3.63) is 16.0 Å². The zero-order valence-electron chi connectivity index (χ0n) is 17.6. The first-order chi connectivity index (χ1) is 16.3. The summed E-state index contributed by atoms with van der Waals surface area (Å²) in [5.41, 5.74) is -0.647. The van der Waals surface area contributed by atoms with Crippen molar-refractivity contribution in [1.82, 2.24) is 0 Å². The number of carbonyl (C=O) groups is 1. The topological polar surface area (TPSA) is 52.9 Å². The first kappa shape index (κ1) is 32.6. The van der Waals surface area contributed by atoms with Crippen LogP contribution in [0.25, 0.3) is 0 Å². The van der Waals surface area contributed by atoms with Crippen molar-refractivity contribution >= 4 is 22.2 Å². The van der Waals surface area contributed by atoms with E-state index in [2.05, 4.69) is 0 Å². The molecule has 0 saturated carbocycles. The molecule has 1 heterocycles. The number of anilines is 1. The summed E-state index contributed by atoms with van der Waals surface area (Å²) in [6.45, 7) is 2.58. The van der Waals surface area contributed by atoms with Crippen molar-refractivity contribution < 1.29 is 75.0 Å². The van der Waals surface area contributed by atoms with E-state index in [0.29, 0.717) is 0 Å². The minimum atomic E-state index is -8.60. The Bertz CT molecular complexity index is 1070. The summed E-state index contributed by atoms with van der Waals surface area (Å²) in [5, 5.41) is 8.82. The molecule has 20 heteroatoms. The number of rotatable bonds is 10. The lowest BCUT2D eigenvalue weighted by molar-refractivity contribution is -0.443. The van der Waals surface area contributed by atoms with Crippen molar-refractivity contribution in [3.63, 3.8) is 0 Å². The molecule has 0 bridgehead atoms. The molecule has 0 aliphatic rings. The summed E-state index contributed by atoms with van der Waals surface area (Å²) in [7, 11) is 0. The van der Waals surface area contributed by atoms with Gasteiger partial charge >= 0.3 is 53.8 Å². The number of aryl methyl sites for hydroxylation is 1. The number of thiophene rings is 1. The maximum atomic E-state index is 14.0. The molecule has 3 nitrogen and oxygen atoms in total. The van der Waals surface area contributed by atoms with Gasteiger partial charge in [0, 0.05) is 4.88 Å². The van der Waals surface area contributed by atoms with E-state index in [4.69, 9.17) is 5.26 Å². The molecule has 0 fully saturated rings. The van der Waals surface area contributed by atoms with Gasteiger partial charge in [-0.05, 0) is 18.9 Å². The molecule has 0 aliphatic carbocycles. The van der Waals surface area contributed by atoms with E-state index in [0.717, 1.165) is 5.32 Å². The fraction of sp³-hybridized carbons (Fsp3) is 0.647. The number of carbonyl (C=O) groups excluding carboxylic acids is 1. The minimum Gasteiger partial charge on any atom is -0.311 e. The van der Waals surface area contributed by atoms with Crippen molar-refractivity contribution in [2.24, 2.45) is 0 Å². The van der Waals surface area contributed by atoms with Gasteiger partial charge in [-0.3, -0.25) is 4.79 Å². The number of amides is 1. The highest BCUT2D eigenvalue weighted by Gasteiger charge is 2.94. The first-order valence-corrected chi connectivity index (χ1v) is 9.83. The largest absolute Gasteiger partial charge is 0.393 e. The van der Waals surface area contributed by atoms with Crippen LogP contribution >= 0.6 is 11.3 Å². The number of alkyl halides is 16. The first-order valence-electron chi connectivity index (χ1n) is 9.02. The molecule has 1 amide bonds. The molecule has 0 unspecified atom stereocenters. The lowest BCUT2D eigenvalue weighted by Gasteiger charge is -2.42. The van der Waals surface area contributed by atoms with Gasteiger partial charge in [-0.25, -0.2) is 8.78 Å². The smallest absolute Gasteiger partial charge is 0.311 e. The van der Waals surface area contributed by atoms with Gasteiger partial charge in [-0.2, -0.15) is 66.7 Å². The van der Waals surface area contributed by atoms with Gasteiger partial charge in [-0.1, -0.05) is 6.92 Å². The van der Waals surface area contributed by atoms with Gasteiger partial charge in [0.1, 0.15) is 11.1 Å². The molecule has 37 heavy (non-hydrogen) atoms. The van der Waals surface area contributed by atoms with Crippen LogP contribution in [0.3, 0.4) is 0 Å². The summed E-state index contributed by atoms with van der Waals surface area (Å²) >= 11 is 0.229. The average Bonchev–Trinajstić information content (AvgIpc) is 3.06. The van der Waals surface area contributed by atoms with E-state index in [1.807, 2.05) is 0 Å². The van der Waals surface area contributed by atoms with Crippen LogP contribution in [0, 0.1) is 18.3 Å². The number of halogens is 16. The molecule has 0 spiro atoms. The highest BCUT2D eigenvalue weighted by molar-refractivity contribution is 7.16. The van der Waals surface area contributed by atoms with Crippen LogP contribution in [0.15, 0.2) is 0 Å². The highest BCUT2D eigenvalue weighted by Crippen LogP contribution is 2.62. The predicted octanol–water partition coefficient (Wildman–Crippen LogP) is 7.14. The Morgan fingerprint density at radius 2 is 1.24 bits per heavy atom. The van der Waals surface area contributed by atoms with Crippen LogP contribution in [-0.2, 0) is 11.2 Å². The molecule has 0 aliphatic heterocycles. The molecular weight excluding hydrogens is 584 g/mol. The zero-order valence-corrected chi connectivity index (χ0v) is 18.4. The Balaban J connectivity index is 3.61. The summed E-state index contributed by atoms with van der Waals surface area (Å²) in [6, 6.07) is 1.33. The van der Waals surface area contributed by atoms with Crippen LogP contribution in [0.1, 0.15) is 22.9 Å². The SMILES string of the molecule is CCc1c(C)sc(NC(=O)C(F)(F)C(F)(F)C(F)(F)C(F)(F)C(F)(F)C(F)(F)C(F)(F)C(F)F)c1C#N. The normalized spacial score (nSPS) is 14.6. The maximum absolute atomic E-state index is 14.0.